The van der Waals surface area contributed by atoms with Crippen LogP contribution in [0.3, 0.4) is 0 Å². The third-order valence-electron chi connectivity index (χ3n) is 2.45. The maximum Gasteiger partial charge on any atom is 0.328 e. The van der Waals surface area contributed by atoms with Crippen molar-refractivity contribution in [2.75, 3.05) is 12.8 Å². The highest BCUT2D eigenvalue weighted by Gasteiger charge is 2.10. The van der Waals surface area contributed by atoms with Gasteiger partial charge in [0.25, 0.3) is 5.91 Å². The van der Waals surface area contributed by atoms with Gasteiger partial charge in [-0.2, -0.15) is 11.8 Å². The van der Waals surface area contributed by atoms with Gasteiger partial charge < -0.3 is 10.4 Å². The summed E-state index contributed by atoms with van der Waals surface area (Å²) in [7, 11) is 0. The second-order valence-electron chi connectivity index (χ2n) is 3.89. The van der Waals surface area contributed by atoms with Crippen molar-refractivity contribution >= 4 is 29.7 Å². The fourth-order valence-electron chi connectivity index (χ4n) is 1.32. The number of pyridine rings is 1. The molecule has 1 unspecified atom stereocenters. The minimum Gasteiger partial charge on any atom is -0.478 e. The molecule has 0 fully saturated rings. The van der Waals surface area contributed by atoms with Gasteiger partial charge in [0.1, 0.15) is 0 Å². The summed E-state index contributed by atoms with van der Waals surface area (Å²) in [5.74, 6) is -1.29. The number of carboxylic acid groups (broad SMARTS) is 1. The second-order valence-corrected chi connectivity index (χ2v) is 5.17. The van der Waals surface area contributed by atoms with E-state index in [1.807, 2.05) is 13.2 Å². The summed E-state index contributed by atoms with van der Waals surface area (Å²) in [6.07, 6.45) is 7.29. The molecule has 0 aliphatic heterocycles. The molecule has 2 N–H and O–H groups in total. The third-order valence-corrected chi connectivity index (χ3v) is 3.43. The molecule has 1 rings (SSSR count). The molecule has 0 aliphatic carbocycles. The molecule has 5 nitrogen and oxygen atoms in total. The van der Waals surface area contributed by atoms with E-state index in [-0.39, 0.29) is 5.91 Å². The van der Waals surface area contributed by atoms with Gasteiger partial charge in [0.15, 0.2) is 0 Å². The molecule has 1 heterocycles. The van der Waals surface area contributed by atoms with E-state index >= 15 is 0 Å². The van der Waals surface area contributed by atoms with Gasteiger partial charge in [0, 0.05) is 41.4 Å². The fourth-order valence-corrected chi connectivity index (χ4v) is 1.57. The first-order valence-electron chi connectivity index (χ1n) is 5.70. The van der Waals surface area contributed by atoms with Crippen LogP contribution in [0.1, 0.15) is 22.8 Å². The van der Waals surface area contributed by atoms with Gasteiger partial charge in [-0.05, 0) is 18.4 Å². The monoisotopic (exact) mass is 280 g/mol. The SMILES string of the molecule is CSC(C)CNC(=O)c1ccncc1/C=C/C(=O)O. The number of nitrogens with one attached hydrogen (secondary N) is 1. The summed E-state index contributed by atoms with van der Waals surface area (Å²) >= 11 is 1.66. The molecule has 1 aromatic heterocycles. The molecule has 102 valence electrons. The molecular formula is C13H16N2O3S. The van der Waals surface area contributed by atoms with Crippen LogP contribution in [-0.2, 0) is 4.79 Å². The van der Waals surface area contributed by atoms with Crippen LogP contribution in [-0.4, -0.2) is 40.0 Å². The molecule has 1 amide bonds. The van der Waals surface area contributed by atoms with Crippen molar-refractivity contribution in [3.63, 3.8) is 0 Å². The zero-order valence-electron chi connectivity index (χ0n) is 10.8. The summed E-state index contributed by atoms with van der Waals surface area (Å²) in [6.45, 7) is 2.58. The Balaban J connectivity index is 2.82. The Labute approximate surface area is 116 Å². The third kappa shape index (κ3) is 5.13. The van der Waals surface area contributed by atoms with Gasteiger partial charge in [-0.1, -0.05) is 6.92 Å². The lowest BCUT2D eigenvalue weighted by Crippen LogP contribution is -2.29. The largest absolute Gasteiger partial charge is 0.478 e. The second kappa shape index (κ2) is 7.58. The van der Waals surface area contributed by atoms with Crippen LogP contribution < -0.4 is 5.32 Å². The van der Waals surface area contributed by atoms with Crippen molar-refractivity contribution < 1.29 is 14.7 Å². The van der Waals surface area contributed by atoms with Crippen molar-refractivity contribution in [2.24, 2.45) is 0 Å². The lowest BCUT2D eigenvalue weighted by Gasteiger charge is -2.11. The van der Waals surface area contributed by atoms with E-state index in [2.05, 4.69) is 10.3 Å². The van der Waals surface area contributed by atoms with E-state index in [0.717, 1.165) is 6.08 Å². The number of nitrogens with zero attached hydrogens (tertiary/aromatic N) is 1. The molecule has 0 bridgehead atoms. The topological polar surface area (TPSA) is 79.3 Å². The smallest absolute Gasteiger partial charge is 0.328 e. The lowest BCUT2D eigenvalue weighted by molar-refractivity contribution is -0.131. The molecule has 1 atom stereocenters. The summed E-state index contributed by atoms with van der Waals surface area (Å²) in [5, 5.41) is 11.7. The molecule has 0 saturated carbocycles. The molecule has 0 radical (unpaired) electrons. The number of thioether (sulfide) groups is 1. The van der Waals surface area contributed by atoms with Crippen molar-refractivity contribution in [1.29, 1.82) is 0 Å². The van der Waals surface area contributed by atoms with Gasteiger partial charge in [0.2, 0.25) is 0 Å². The molecule has 0 aliphatic rings. The highest BCUT2D eigenvalue weighted by atomic mass is 32.2. The molecule has 19 heavy (non-hydrogen) atoms. The Hall–Kier alpha value is -1.82. The van der Waals surface area contributed by atoms with Crippen LogP contribution in [0, 0.1) is 0 Å². The highest BCUT2D eigenvalue weighted by Crippen LogP contribution is 2.10. The average Bonchev–Trinajstić information content (AvgIpc) is 2.42. The number of hydrogen-bond donors (Lipinski definition) is 2. The zero-order chi connectivity index (χ0) is 14.3. The normalized spacial score (nSPS) is 12.3. The Bertz CT molecular complexity index is 489. The van der Waals surface area contributed by atoms with E-state index in [9.17, 15) is 9.59 Å². The molecule has 1 aromatic rings. The van der Waals surface area contributed by atoms with E-state index in [1.54, 1.807) is 17.8 Å². The standard InChI is InChI=1S/C13H16N2O3S/c1-9(19-2)7-15-13(18)11-5-6-14-8-10(11)3-4-12(16)17/h3-6,8-9H,7H2,1-2H3,(H,15,18)(H,16,17)/b4-3+. The first-order valence-corrected chi connectivity index (χ1v) is 6.99. The van der Waals surface area contributed by atoms with E-state index < -0.39 is 5.97 Å². The van der Waals surface area contributed by atoms with E-state index in [4.69, 9.17) is 5.11 Å². The molecule has 0 saturated heterocycles. The molecule has 6 heteroatoms. The van der Waals surface area contributed by atoms with Crippen molar-refractivity contribution in [3.05, 3.63) is 35.7 Å². The fraction of sp³-hybridized carbons (Fsp3) is 0.308. The molecule has 0 spiro atoms. The lowest BCUT2D eigenvalue weighted by atomic mass is 10.1. The Morgan fingerprint density at radius 3 is 2.95 bits per heavy atom. The number of carboxylic acids is 1. The van der Waals surface area contributed by atoms with Gasteiger partial charge in [-0.15, -0.1) is 0 Å². The Morgan fingerprint density at radius 1 is 1.58 bits per heavy atom. The van der Waals surface area contributed by atoms with Gasteiger partial charge in [-0.3, -0.25) is 9.78 Å². The number of carbonyl (C=O) groups is 2. The number of carbonyl (C=O) groups excluding carboxylic acids is 1. The predicted octanol–water partition coefficient (Wildman–Crippen LogP) is 1.66. The van der Waals surface area contributed by atoms with Crippen molar-refractivity contribution in [3.8, 4) is 0 Å². The van der Waals surface area contributed by atoms with Crippen molar-refractivity contribution in [1.82, 2.24) is 10.3 Å². The van der Waals surface area contributed by atoms with Gasteiger partial charge in [0.05, 0.1) is 0 Å². The van der Waals surface area contributed by atoms with Crippen LogP contribution in [0.25, 0.3) is 6.08 Å². The highest BCUT2D eigenvalue weighted by molar-refractivity contribution is 7.99. The van der Waals surface area contributed by atoms with Crippen molar-refractivity contribution in [2.45, 2.75) is 12.2 Å². The zero-order valence-corrected chi connectivity index (χ0v) is 11.6. The van der Waals surface area contributed by atoms with Crippen LogP contribution in [0.2, 0.25) is 0 Å². The molecule has 0 aromatic carbocycles. The number of hydrogen-bond acceptors (Lipinski definition) is 4. The average molecular weight is 280 g/mol. The maximum absolute atomic E-state index is 12.0. The minimum absolute atomic E-state index is 0.228. The Kier molecular flexibility index (Phi) is 6.08. The van der Waals surface area contributed by atoms with Crippen LogP contribution >= 0.6 is 11.8 Å². The first-order chi connectivity index (χ1) is 9.04. The van der Waals surface area contributed by atoms with Crippen LogP contribution in [0.4, 0.5) is 0 Å². The van der Waals surface area contributed by atoms with E-state index in [1.165, 1.54) is 18.5 Å². The Morgan fingerprint density at radius 2 is 2.32 bits per heavy atom. The van der Waals surface area contributed by atoms with Crippen LogP contribution in [0.15, 0.2) is 24.5 Å². The summed E-state index contributed by atoms with van der Waals surface area (Å²) in [5.41, 5.74) is 0.903. The number of amides is 1. The quantitative estimate of drug-likeness (QED) is 0.775. The van der Waals surface area contributed by atoms with Gasteiger partial charge in [-0.25, -0.2) is 4.79 Å². The molecular weight excluding hydrogens is 264 g/mol. The predicted molar refractivity (Wildman–Crippen MR) is 76.2 cm³/mol. The van der Waals surface area contributed by atoms with Gasteiger partial charge >= 0.3 is 5.97 Å². The minimum atomic E-state index is -1.06. The summed E-state index contributed by atoms with van der Waals surface area (Å²) in [4.78, 5) is 26.4. The number of aliphatic carboxylic acids is 1. The summed E-state index contributed by atoms with van der Waals surface area (Å²) < 4.78 is 0. The van der Waals surface area contributed by atoms with Crippen LogP contribution in [0.5, 0.6) is 0 Å². The first kappa shape index (κ1) is 15.2. The summed E-state index contributed by atoms with van der Waals surface area (Å²) in [6, 6.07) is 1.57. The maximum atomic E-state index is 12.0. The number of rotatable bonds is 6. The number of aromatic nitrogens is 1. The van der Waals surface area contributed by atoms with E-state index in [0.29, 0.717) is 22.9 Å².